The van der Waals surface area contributed by atoms with Crippen molar-refractivity contribution >= 4 is 0 Å². The highest BCUT2D eigenvalue weighted by Crippen LogP contribution is 2.37. The lowest BCUT2D eigenvalue weighted by Gasteiger charge is -2.21. The second-order valence-electron chi connectivity index (χ2n) is 3.60. The van der Waals surface area contributed by atoms with Crippen LogP contribution in [0.5, 0.6) is 0 Å². The Balaban J connectivity index is 2.56. The van der Waals surface area contributed by atoms with Crippen LogP contribution in [0.2, 0.25) is 0 Å². The van der Waals surface area contributed by atoms with Crippen LogP contribution in [0.25, 0.3) is 0 Å². The minimum atomic E-state index is -4.37. The number of halogens is 3. The first kappa shape index (κ1) is 10.5. The third-order valence-corrected chi connectivity index (χ3v) is 2.57. The number of ether oxygens (including phenoxy) is 1. The molecule has 0 aromatic carbocycles. The van der Waals surface area contributed by atoms with Gasteiger partial charge in [-0.2, -0.15) is 18.3 Å². The Morgan fingerprint density at radius 2 is 2.13 bits per heavy atom. The molecule has 0 amide bonds. The summed E-state index contributed by atoms with van der Waals surface area (Å²) in [6, 6.07) is 0. The van der Waals surface area contributed by atoms with Gasteiger partial charge in [0, 0.05) is 12.6 Å². The van der Waals surface area contributed by atoms with Gasteiger partial charge < -0.3 is 4.74 Å². The van der Waals surface area contributed by atoms with E-state index in [1.165, 1.54) is 11.7 Å². The van der Waals surface area contributed by atoms with Gasteiger partial charge in [0.05, 0.1) is 18.4 Å². The molecule has 1 unspecified atom stereocenters. The summed E-state index contributed by atoms with van der Waals surface area (Å²) >= 11 is 0. The number of fused-ring (bicyclic) bond motifs is 1. The first-order chi connectivity index (χ1) is 6.91. The summed E-state index contributed by atoms with van der Waals surface area (Å²) in [5.41, 5.74) is 0.0486. The molecule has 1 atom stereocenters. The molecule has 1 aromatic heterocycles. The molecule has 0 N–H and O–H groups in total. The number of nitrogens with zero attached hydrogens (tertiary/aromatic N) is 2. The zero-order chi connectivity index (χ0) is 11.2. The Labute approximate surface area is 84.8 Å². The first-order valence-corrected chi connectivity index (χ1v) is 4.66. The zero-order valence-corrected chi connectivity index (χ0v) is 8.43. The van der Waals surface area contributed by atoms with E-state index < -0.39 is 11.9 Å². The molecule has 84 valence electrons. The van der Waals surface area contributed by atoms with Crippen LogP contribution < -0.4 is 0 Å². The molecule has 0 radical (unpaired) electrons. The normalized spacial score (nSPS) is 21.5. The van der Waals surface area contributed by atoms with Crippen molar-refractivity contribution in [2.75, 3.05) is 6.61 Å². The van der Waals surface area contributed by atoms with E-state index in [4.69, 9.17) is 4.74 Å². The highest BCUT2D eigenvalue weighted by atomic mass is 19.4. The summed E-state index contributed by atoms with van der Waals surface area (Å²) in [5, 5.41) is 3.53. The maximum absolute atomic E-state index is 12.6. The van der Waals surface area contributed by atoms with Gasteiger partial charge in [-0.25, -0.2) is 0 Å². The SMILES string of the molecule is CC1OCCc2c(C(F)(F)F)nn(C)c21. The van der Waals surface area contributed by atoms with Crippen molar-refractivity contribution in [1.29, 1.82) is 0 Å². The molecule has 6 heteroatoms. The van der Waals surface area contributed by atoms with Crippen LogP contribution in [-0.2, 0) is 24.4 Å². The molecule has 15 heavy (non-hydrogen) atoms. The Bertz CT molecular complexity index is 383. The fourth-order valence-corrected chi connectivity index (χ4v) is 1.98. The maximum atomic E-state index is 12.6. The third-order valence-electron chi connectivity index (χ3n) is 2.57. The summed E-state index contributed by atoms with van der Waals surface area (Å²) < 4.78 is 44.3. The molecule has 0 aliphatic carbocycles. The summed E-state index contributed by atoms with van der Waals surface area (Å²) in [6.45, 7) is 2.06. The molecule has 2 heterocycles. The van der Waals surface area contributed by atoms with Gasteiger partial charge in [-0.3, -0.25) is 4.68 Å². The van der Waals surface area contributed by atoms with E-state index in [-0.39, 0.29) is 18.1 Å². The molecule has 0 spiro atoms. The van der Waals surface area contributed by atoms with Gasteiger partial charge >= 0.3 is 6.18 Å². The molecular weight excluding hydrogens is 209 g/mol. The highest BCUT2D eigenvalue weighted by molar-refractivity contribution is 5.31. The number of hydrogen-bond donors (Lipinski definition) is 0. The van der Waals surface area contributed by atoms with Crippen molar-refractivity contribution in [1.82, 2.24) is 9.78 Å². The second kappa shape index (κ2) is 3.23. The average Bonchev–Trinajstić information content (AvgIpc) is 2.44. The van der Waals surface area contributed by atoms with Crippen LogP contribution >= 0.6 is 0 Å². The smallest absolute Gasteiger partial charge is 0.372 e. The van der Waals surface area contributed by atoms with Crippen molar-refractivity contribution in [2.24, 2.45) is 7.05 Å². The summed E-state index contributed by atoms with van der Waals surface area (Å²) in [4.78, 5) is 0. The van der Waals surface area contributed by atoms with Gasteiger partial charge in [0.1, 0.15) is 0 Å². The third kappa shape index (κ3) is 1.62. The van der Waals surface area contributed by atoms with Crippen molar-refractivity contribution in [3.8, 4) is 0 Å². The molecule has 1 aromatic rings. The molecular formula is C9H11F3N2O. The second-order valence-corrected chi connectivity index (χ2v) is 3.60. The van der Waals surface area contributed by atoms with Crippen molar-refractivity contribution in [2.45, 2.75) is 25.6 Å². The predicted molar refractivity (Wildman–Crippen MR) is 46.3 cm³/mol. The summed E-state index contributed by atoms with van der Waals surface area (Å²) in [6.07, 6.45) is -4.41. The molecule has 0 fully saturated rings. The van der Waals surface area contributed by atoms with Crippen LogP contribution in [0.4, 0.5) is 13.2 Å². The molecule has 0 saturated carbocycles. The Kier molecular flexibility index (Phi) is 2.26. The average molecular weight is 220 g/mol. The number of aromatic nitrogens is 2. The topological polar surface area (TPSA) is 27.1 Å². The molecule has 1 aliphatic rings. The zero-order valence-electron chi connectivity index (χ0n) is 8.43. The Hall–Kier alpha value is -1.04. The van der Waals surface area contributed by atoms with E-state index in [0.717, 1.165) is 0 Å². The Morgan fingerprint density at radius 3 is 2.73 bits per heavy atom. The fourth-order valence-electron chi connectivity index (χ4n) is 1.98. The molecule has 1 aliphatic heterocycles. The van der Waals surface area contributed by atoms with Gasteiger partial charge in [0.2, 0.25) is 0 Å². The van der Waals surface area contributed by atoms with E-state index in [2.05, 4.69) is 5.10 Å². The van der Waals surface area contributed by atoms with E-state index in [1.807, 2.05) is 0 Å². The minimum Gasteiger partial charge on any atom is -0.372 e. The van der Waals surface area contributed by atoms with Gasteiger partial charge in [0.25, 0.3) is 0 Å². The quantitative estimate of drug-likeness (QED) is 0.669. The maximum Gasteiger partial charge on any atom is 0.435 e. The first-order valence-electron chi connectivity index (χ1n) is 4.66. The highest BCUT2D eigenvalue weighted by Gasteiger charge is 2.40. The lowest BCUT2D eigenvalue weighted by atomic mass is 10.0. The van der Waals surface area contributed by atoms with E-state index in [1.54, 1.807) is 6.92 Å². The van der Waals surface area contributed by atoms with Gasteiger partial charge in [-0.1, -0.05) is 0 Å². The van der Waals surface area contributed by atoms with Crippen LogP contribution in [0.15, 0.2) is 0 Å². The lowest BCUT2D eigenvalue weighted by Crippen LogP contribution is -2.17. The van der Waals surface area contributed by atoms with E-state index >= 15 is 0 Å². The van der Waals surface area contributed by atoms with E-state index in [9.17, 15) is 13.2 Å². The summed E-state index contributed by atoms with van der Waals surface area (Å²) in [7, 11) is 1.51. The van der Waals surface area contributed by atoms with Crippen LogP contribution in [-0.4, -0.2) is 16.4 Å². The molecule has 3 nitrogen and oxygen atoms in total. The Morgan fingerprint density at radius 1 is 1.47 bits per heavy atom. The standard InChI is InChI=1S/C9H11F3N2O/c1-5-7-6(3-4-15-5)8(9(10,11)12)13-14(7)2/h5H,3-4H2,1-2H3. The molecule has 0 saturated heterocycles. The van der Waals surface area contributed by atoms with Crippen molar-refractivity contribution < 1.29 is 17.9 Å². The van der Waals surface area contributed by atoms with E-state index in [0.29, 0.717) is 12.3 Å². The predicted octanol–water partition coefficient (Wildman–Crippen LogP) is 2.07. The largest absolute Gasteiger partial charge is 0.435 e. The van der Waals surface area contributed by atoms with Crippen molar-refractivity contribution in [3.05, 3.63) is 17.0 Å². The number of alkyl halides is 3. The monoisotopic (exact) mass is 220 g/mol. The summed E-state index contributed by atoms with van der Waals surface area (Å²) in [5.74, 6) is 0. The number of hydrogen-bond acceptors (Lipinski definition) is 2. The minimum absolute atomic E-state index is 0.280. The van der Waals surface area contributed by atoms with Gasteiger partial charge in [0.15, 0.2) is 5.69 Å². The molecule has 2 rings (SSSR count). The fraction of sp³-hybridized carbons (Fsp3) is 0.667. The van der Waals surface area contributed by atoms with Crippen LogP contribution in [0, 0.1) is 0 Å². The van der Waals surface area contributed by atoms with Crippen molar-refractivity contribution in [3.63, 3.8) is 0 Å². The van der Waals surface area contributed by atoms with Crippen LogP contribution in [0.3, 0.4) is 0 Å². The lowest BCUT2D eigenvalue weighted by molar-refractivity contribution is -0.142. The molecule has 0 bridgehead atoms. The number of rotatable bonds is 0. The number of aryl methyl sites for hydroxylation is 1. The van der Waals surface area contributed by atoms with Gasteiger partial charge in [-0.05, 0) is 13.3 Å². The van der Waals surface area contributed by atoms with Crippen LogP contribution in [0.1, 0.15) is 30.0 Å². The van der Waals surface area contributed by atoms with Gasteiger partial charge in [-0.15, -0.1) is 0 Å².